The molecule has 0 aromatic heterocycles. The molecule has 0 amide bonds. The van der Waals surface area contributed by atoms with E-state index in [1.807, 2.05) is 0 Å². The van der Waals surface area contributed by atoms with Crippen molar-refractivity contribution in [3.8, 4) is 0 Å². The fourth-order valence-electron chi connectivity index (χ4n) is 1.07. The summed E-state index contributed by atoms with van der Waals surface area (Å²) in [5.74, 6) is 0. The van der Waals surface area contributed by atoms with E-state index in [0.717, 1.165) is 38.8 Å². The zero-order valence-electron chi connectivity index (χ0n) is 7.45. The van der Waals surface area contributed by atoms with E-state index in [2.05, 4.69) is 34.5 Å². The van der Waals surface area contributed by atoms with E-state index in [4.69, 9.17) is 0 Å². The number of hydrogen-bond acceptors (Lipinski definition) is 2. The number of rotatable bonds is 0. The highest BCUT2D eigenvalue weighted by Crippen LogP contribution is 1.98. The SMILES string of the molecule is C1=CCCN=NCCC=CCC1. The van der Waals surface area contributed by atoms with Crippen molar-refractivity contribution in [1.29, 1.82) is 0 Å². The smallest absolute Gasteiger partial charge is 0.0633 e. The van der Waals surface area contributed by atoms with E-state index in [1.54, 1.807) is 0 Å². The highest BCUT2D eigenvalue weighted by molar-refractivity contribution is 4.88. The van der Waals surface area contributed by atoms with Crippen molar-refractivity contribution in [2.75, 3.05) is 13.1 Å². The Labute approximate surface area is 74.1 Å². The lowest BCUT2D eigenvalue weighted by Crippen LogP contribution is -1.80. The van der Waals surface area contributed by atoms with Crippen molar-refractivity contribution < 1.29 is 0 Å². The Kier molecular flexibility index (Phi) is 5.17. The van der Waals surface area contributed by atoms with Crippen LogP contribution in [0.1, 0.15) is 25.7 Å². The molecule has 0 saturated carbocycles. The molecule has 0 atom stereocenters. The largest absolute Gasteiger partial charge is 0.194 e. The van der Waals surface area contributed by atoms with Gasteiger partial charge in [0, 0.05) is 0 Å². The molecule has 0 N–H and O–H groups in total. The van der Waals surface area contributed by atoms with Gasteiger partial charge in [-0.3, -0.25) is 0 Å². The second kappa shape index (κ2) is 6.77. The van der Waals surface area contributed by atoms with Crippen molar-refractivity contribution >= 4 is 0 Å². The lowest BCUT2D eigenvalue weighted by Gasteiger charge is -1.92. The van der Waals surface area contributed by atoms with Crippen LogP contribution < -0.4 is 0 Å². The molecule has 0 aromatic rings. The molecule has 1 aliphatic rings. The van der Waals surface area contributed by atoms with Gasteiger partial charge in [-0.2, -0.15) is 10.2 Å². The van der Waals surface area contributed by atoms with Crippen LogP contribution in [0.4, 0.5) is 0 Å². The number of nitrogens with zero attached hydrogens (tertiary/aromatic N) is 2. The molecule has 2 nitrogen and oxygen atoms in total. The molecule has 0 saturated heterocycles. The molecule has 0 aliphatic carbocycles. The maximum Gasteiger partial charge on any atom is 0.0633 e. The standard InChI is InChI=1S/C10H16N2/c1-2-4-6-8-10-12-11-9-7-5-3-1/h3-6H,1-2,7-10H2. The molecule has 0 aromatic carbocycles. The summed E-state index contributed by atoms with van der Waals surface area (Å²) in [5.41, 5.74) is 0. The van der Waals surface area contributed by atoms with Gasteiger partial charge >= 0.3 is 0 Å². The zero-order chi connectivity index (χ0) is 8.49. The molecule has 1 rings (SSSR count). The summed E-state index contributed by atoms with van der Waals surface area (Å²) in [5, 5.41) is 8.09. The number of azo groups is 1. The van der Waals surface area contributed by atoms with Gasteiger partial charge in [0.1, 0.15) is 0 Å². The molecule has 0 radical (unpaired) electrons. The third-order valence-electron chi connectivity index (χ3n) is 1.72. The Morgan fingerprint density at radius 3 is 1.50 bits per heavy atom. The van der Waals surface area contributed by atoms with Crippen LogP contribution in [0.15, 0.2) is 34.5 Å². The van der Waals surface area contributed by atoms with Gasteiger partial charge in [0.15, 0.2) is 0 Å². The van der Waals surface area contributed by atoms with Crippen molar-refractivity contribution in [2.24, 2.45) is 10.2 Å². The van der Waals surface area contributed by atoms with Gasteiger partial charge in [0.25, 0.3) is 0 Å². The molecule has 1 heterocycles. The van der Waals surface area contributed by atoms with Gasteiger partial charge in [0.05, 0.1) is 13.1 Å². The topological polar surface area (TPSA) is 24.7 Å². The monoisotopic (exact) mass is 164 g/mol. The molecule has 0 bridgehead atoms. The second-order valence-electron chi connectivity index (χ2n) is 2.83. The summed E-state index contributed by atoms with van der Waals surface area (Å²) < 4.78 is 0. The van der Waals surface area contributed by atoms with Crippen LogP contribution in [-0.4, -0.2) is 13.1 Å². The van der Waals surface area contributed by atoms with Crippen LogP contribution in [0.25, 0.3) is 0 Å². The quantitative estimate of drug-likeness (QED) is 0.491. The van der Waals surface area contributed by atoms with E-state index < -0.39 is 0 Å². The van der Waals surface area contributed by atoms with Gasteiger partial charge in [0.2, 0.25) is 0 Å². The van der Waals surface area contributed by atoms with Crippen molar-refractivity contribution in [1.82, 2.24) is 0 Å². The Balaban J connectivity index is 2.30. The first kappa shape index (κ1) is 9.17. The maximum atomic E-state index is 4.04. The van der Waals surface area contributed by atoms with E-state index >= 15 is 0 Å². The van der Waals surface area contributed by atoms with Gasteiger partial charge in [-0.05, 0) is 25.7 Å². The maximum absolute atomic E-state index is 4.04. The minimum atomic E-state index is 0.847. The Bertz CT molecular complexity index is 129. The van der Waals surface area contributed by atoms with Gasteiger partial charge in [-0.15, -0.1) is 0 Å². The van der Waals surface area contributed by atoms with Crippen molar-refractivity contribution in [3.05, 3.63) is 24.3 Å². The molecular weight excluding hydrogens is 148 g/mol. The lowest BCUT2D eigenvalue weighted by atomic mass is 10.2. The summed E-state index contributed by atoms with van der Waals surface area (Å²) in [4.78, 5) is 0. The normalized spacial score (nSPS) is 20.0. The first-order valence-electron chi connectivity index (χ1n) is 4.63. The predicted molar refractivity (Wildman–Crippen MR) is 51.3 cm³/mol. The third-order valence-corrected chi connectivity index (χ3v) is 1.72. The highest BCUT2D eigenvalue weighted by Gasteiger charge is 1.83. The van der Waals surface area contributed by atoms with Crippen LogP contribution in [0.5, 0.6) is 0 Å². The molecule has 2 heteroatoms. The zero-order valence-corrected chi connectivity index (χ0v) is 7.45. The fourth-order valence-corrected chi connectivity index (χ4v) is 1.07. The van der Waals surface area contributed by atoms with Crippen LogP contribution in [0.2, 0.25) is 0 Å². The first-order chi connectivity index (χ1) is 6.00. The van der Waals surface area contributed by atoms with E-state index in [1.165, 1.54) is 0 Å². The van der Waals surface area contributed by atoms with Gasteiger partial charge in [-0.1, -0.05) is 24.3 Å². The fraction of sp³-hybridized carbons (Fsp3) is 0.600. The molecule has 1 aliphatic heterocycles. The summed E-state index contributed by atoms with van der Waals surface area (Å²) in [6.07, 6.45) is 13.2. The molecule has 0 spiro atoms. The van der Waals surface area contributed by atoms with Gasteiger partial charge in [-0.25, -0.2) is 0 Å². The average molecular weight is 164 g/mol. The minimum Gasteiger partial charge on any atom is -0.194 e. The third kappa shape index (κ3) is 4.83. The van der Waals surface area contributed by atoms with Crippen molar-refractivity contribution in [2.45, 2.75) is 25.7 Å². The predicted octanol–water partition coefficient (Wildman–Crippen LogP) is 3.13. The second-order valence-corrected chi connectivity index (χ2v) is 2.83. The van der Waals surface area contributed by atoms with Crippen LogP contribution >= 0.6 is 0 Å². The Morgan fingerprint density at radius 2 is 1.00 bits per heavy atom. The van der Waals surface area contributed by atoms with Crippen LogP contribution in [0, 0.1) is 0 Å². The first-order valence-corrected chi connectivity index (χ1v) is 4.63. The van der Waals surface area contributed by atoms with E-state index in [9.17, 15) is 0 Å². The van der Waals surface area contributed by atoms with Crippen LogP contribution in [0.3, 0.4) is 0 Å². The molecule has 12 heavy (non-hydrogen) atoms. The number of allylic oxidation sites excluding steroid dienone is 2. The average Bonchev–Trinajstić information content (AvgIpc) is 2.05. The van der Waals surface area contributed by atoms with E-state index in [-0.39, 0.29) is 0 Å². The Morgan fingerprint density at radius 1 is 0.583 bits per heavy atom. The van der Waals surface area contributed by atoms with Gasteiger partial charge < -0.3 is 0 Å². The summed E-state index contributed by atoms with van der Waals surface area (Å²) in [7, 11) is 0. The number of hydrogen-bond donors (Lipinski definition) is 0. The summed E-state index contributed by atoms with van der Waals surface area (Å²) >= 11 is 0. The minimum absolute atomic E-state index is 0.847. The molecular formula is C10H16N2. The molecule has 0 fully saturated rings. The molecule has 66 valence electrons. The Hall–Kier alpha value is -0.920. The summed E-state index contributed by atoms with van der Waals surface area (Å²) in [6, 6.07) is 0. The highest BCUT2D eigenvalue weighted by atomic mass is 15.1. The summed E-state index contributed by atoms with van der Waals surface area (Å²) in [6.45, 7) is 1.69. The van der Waals surface area contributed by atoms with Crippen LogP contribution in [-0.2, 0) is 0 Å². The molecule has 0 unspecified atom stereocenters. The van der Waals surface area contributed by atoms with E-state index in [0.29, 0.717) is 0 Å². The van der Waals surface area contributed by atoms with Crippen molar-refractivity contribution in [3.63, 3.8) is 0 Å². The lowest BCUT2D eigenvalue weighted by molar-refractivity contribution is 0.827.